The lowest BCUT2D eigenvalue weighted by Gasteiger charge is -2.12. The van der Waals surface area contributed by atoms with Crippen molar-refractivity contribution in [3.63, 3.8) is 0 Å². The molecule has 1 heterocycles. The molecular weight excluding hydrogens is 288 g/mol. The zero-order chi connectivity index (χ0) is 16.1. The highest BCUT2D eigenvalue weighted by molar-refractivity contribution is 5.76. The van der Waals surface area contributed by atoms with E-state index in [1.807, 2.05) is 30.3 Å². The number of hydrogen-bond donors (Lipinski definition) is 2. The Balaban J connectivity index is 1.49. The first-order valence-electron chi connectivity index (χ1n) is 7.99. The van der Waals surface area contributed by atoms with Gasteiger partial charge in [0.05, 0.1) is 7.11 Å². The molecule has 4 nitrogen and oxygen atoms in total. The number of amides is 1. The first-order chi connectivity index (χ1) is 11.3. The van der Waals surface area contributed by atoms with Crippen LogP contribution in [0, 0.1) is 0 Å². The standard InChI is InChI=1S/C19H22N2O2/c1-23-18-9-5-2-6-15(18)13-21-19(22)11-10-14-12-20-17-8-4-3-7-16(14)17/h2-9,14,20H,10-13H2,1H3,(H,21,22). The van der Waals surface area contributed by atoms with Crippen LogP contribution >= 0.6 is 0 Å². The number of fused-ring (bicyclic) bond motifs is 1. The minimum atomic E-state index is 0.0836. The Labute approximate surface area is 136 Å². The van der Waals surface area contributed by atoms with E-state index < -0.39 is 0 Å². The Morgan fingerprint density at radius 2 is 2.00 bits per heavy atom. The van der Waals surface area contributed by atoms with Crippen LogP contribution in [0.2, 0.25) is 0 Å². The number of anilines is 1. The average Bonchev–Trinajstić information content (AvgIpc) is 3.01. The van der Waals surface area contributed by atoms with Crippen LogP contribution in [-0.2, 0) is 11.3 Å². The van der Waals surface area contributed by atoms with Gasteiger partial charge in [0.25, 0.3) is 0 Å². The van der Waals surface area contributed by atoms with Crippen molar-refractivity contribution in [3.8, 4) is 5.75 Å². The van der Waals surface area contributed by atoms with Crippen LogP contribution in [0.4, 0.5) is 5.69 Å². The number of carbonyl (C=O) groups is 1. The van der Waals surface area contributed by atoms with Crippen LogP contribution in [0.5, 0.6) is 5.75 Å². The number of nitrogens with one attached hydrogen (secondary N) is 2. The van der Waals surface area contributed by atoms with E-state index in [0.717, 1.165) is 24.3 Å². The maximum Gasteiger partial charge on any atom is 0.220 e. The highest BCUT2D eigenvalue weighted by atomic mass is 16.5. The first-order valence-corrected chi connectivity index (χ1v) is 7.99. The van der Waals surface area contributed by atoms with E-state index in [1.165, 1.54) is 11.3 Å². The molecule has 3 rings (SSSR count). The third-order valence-electron chi connectivity index (χ3n) is 4.33. The van der Waals surface area contributed by atoms with Crippen molar-refractivity contribution < 1.29 is 9.53 Å². The number of benzene rings is 2. The lowest BCUT2D eigenvalue weighted by atomic mass is 9.96. The zero-order valence-electron chi connectivity index (χ0n) is 13.3. The van der Waals surface area contributed by atoms with Crippen LogP contribution in [0.1, 0.15) is 29.9 Å². The summed E-state index contributed by atoms with van der Waals surface area (Å²) in [5.74, 6) is 1.31. The monoisotopic (exact) mass is 310 g/mol. The van der Waals surface area contributed by atoms with E-state index in [4.69, 9.17) is 4.74 Å². The second-order valence-corrected chi connectivity index (χ2v) is 5.79. The highest BCUT2D eigenvalue weighted by Gasteiger charge is 2.21. The molecule has 0 bridgehead atoms. The summed E-state index contributed by atoms with van der Waals surface area (Å²) in [5, 5.41) is 6.38. The van der Waals surface area contributed by atoms with Gasteiger partial charge in [-0.25, -0.2) is 0 Å². The third-order valence-corrected chi connectivity index (χ3v) is 4.33. The summed E-state index contributed by atoms with van der Waals surface area (Å²) in [4.78, 5) is 12.1. The van der Waals surface area contributed by atoms with E-state index in [1.54, 1.807) is 7.11 Å². The summed E-state index contributed by atoms with van der Waals surface area (Å²) in [5.41, 5.74) is 3.52. The first kappa shape index (κ1) is 15.4. The van der Waals surface area contributed by atoms with Crippen molar-refractivity contribution in [2.45, 2.75) is 25.3 Å². The van der Waals surface area contributed by atoms with Gasteiger partial charge in [0.1, 0.15) is 5.75 Å². The summed E-state index contributed by atoms with van der Waals surface area (Å²) in [6.07, 6.45) is 1.40. The van der Waals surface area contributed by atoms with Crippen molar-refractivity contribution in [2.24, 2.45) is 0 Å². The fourth-order valence-corrected chi connectivity index (χ4v) is 3.05. The summed E-state index contributed by atoms with van der Waals surface area (Å²) < 4.78 is 5.30. The quantitative estimate of drug-likeness (QED) is 0.860. The molecule has 0 spiro atoms. The second-order valence-electron chi connectivity index (χ2n) is 5.79. The van der Waals surface area contributed by atoms with Crippen molar-refractivity contribution >= 4 is 11.6 Å². The van der Waals surface area contributed by atoms with Gasteiger partial charge in [-0.2, -0.15) is 0 Å². The molecule has 2 aromatic carbocycles. The average molecular weight is 310 g/mol. The lowest BCUT2D eigenvalue weighted by Crippen LogP contribution is -2.23. The molecule has 2 aromatic rings. The fourth-order valence-electron chi connectivity index (χ4n) is 3.05. The molecule has 0 radical (unpaired) electrons. The summed E-state index contributed by atoms with van der Waals surface area (Å²) >= 11 is 0. The molecule has 1 amide bonds. The molecule has 23 heavy (non-hydrogen) atoms. The van der Waals surface area contributed by atoms with Crippen molar-refractivity contribution in [1.82, 2.24) is 5.32 Å². The van der Waals surface area contributed by atoms with Crippen molar-refractivity contribution in [1.29, 1.82) is 0 Å². The van der Waals surface area contributed by atoms with Gasteiger partial charge >= 0.3 is 0 Å². The minimum Gasteiger partial charge on any atom is -0.496 e. The van der Waals surface area contributed by atoms with Crippen LogP contribution in [0.3, 0.4) is 0 Å². The van der Waals surface area contributed by atoms with E-state index in [0.29, 0.717) is 18.9 Å². The van der Waals surface area contributed by atoms with E-state index in [2.05, 4.69) is 28.8 Å². The van der Waals surface area contributed by atoms with E-state index in [9.17, 15) is 4.79 Å². The number of para-hydroxylation sites is 2. The van der Waals surface area contributed by atoms with Gasteiger partial charge in [0.2, 0.25) is 5.91 Å². The smallest absolute Gasteiger partial charge is 0.220 e. The predicted molar refractivity (Wildman–Crippen MR) is 91.7 cm³/mol. The van der Waals surface area contributed by atoms with Gasteiger partial charge in [-0.3, -0.25) is 4.79 Å². The van der Waals surface area contributed by atoms with Gasteiger partial charge in [-0.15, -0.1) is 0 Å². The second kappa shape index (κ2) is 7.18. The summed E-state index contributed by atoms with van der Waals surface area (Å²) in [6, 6.07) is 16.1. The molecule has 0 saturated carbocycles. The number of carbonyl (C=O) groups excluding carboxylic acids is 1. The van der Waals surface area contributed by atoms with Crippen LogP contribution < -0.4 is 15.4 Å². The number of rotatable bonds is 6. The molecule has 1 unspecified atom stereocenters. The van der Waals surface area contributed by atoms with Crippen LogP contribution in [-0.4, -0.2) is 19.6 Å². The summed E-state index contributed by atoms with van der Waals surface area (Å²) in [7, 11) is 1.64. The number of methoxy groups -OCH3 is 1. The zero-order valence-corrected chi connectivity index (χ0v) is 13.3. The highest BCUT2D eigenvalue weighted by Crippen LogP contribution is 2.33. The maximum absolute atomic E-state index is 12.1. The Bertz CT molecular complexity index is 685. The molecule has 120 valence electrons. The van der Waals surface area contributed by atoms with Gasteiger partial charge in [0.15, 0.2) is 0 Å². The molecule has 0 aliphatic carbocycles. The summed E-state index contributed by atoms with van der Waals surface area (Å²) in [6.45, 7) is 1.42. The molecule has 0 aromatic heterocycles. The van der Waals surface area contributed by atoms with Crippen LogP contribution in [0.15, 0.2) is 48.5 Å². The normalized spacial score (nSPS) is 15.6. The minimum absolute atomic E-state index is 0.0836. The molecule has 2 N–H and O–H groups in total. The Morgan fingerprint density at radius 3 is 2.87 bits per heavy atom. The molecule has 1 aliphatic rings. The van der Waals surface area contributed by atoms with Crippen molar-refractivity contribution in [2.75, 3.05) is 19.0 Å². The maximum atomic E-state index is 12.1. The molecular formula is C19H22N2O2. The predicted octanol–water partition coefficient (Wildman–Crippen LogP) is 3.30. The lowest BCUT2D eigenvalue weighted by molar-refractivity contribution is -0.121. The van der Waals surface area contributed by atoms with E-state index >= 15 is 0 Å². The Hall–Kier alpha value is -2.49. The van der Waals surface area contributed by atoms with Crippen LogP contribution in [0.25, 0.3) is 0 Å². The molecule has 0 fully saturated rings. The van der Waals surface area contributed by atoms with Crippen molar-refractivity contribution in [3.05, 3.63) is 59.7 Å². The topological polar surface area (TPSA) is 50.4 Å². The molecule has 1 atom stereocenters. The van der Waals surface area contributed by atoms with E-state index in [-0.39, 0.29) is 5.91 Å². The van der Waals surface area contributed by atoms with Gasteiger partial charge in [0, 0.05) is 36.7 Å². The molecule has 4 heteroatoms. The third kappa shape index (κ3) is 3.65. The number of hydrogen-bond acceptors (Lipinski definition) is 3. The van der Waals surface area contributed by atoms with Gasteiger partial charge in [-0.05, 0) is 24.1 Å². The molecule has 1 aliphatic heterocycles. The largest absolute Gasteiger partial charge is 0.496 e. The molecule has 0 saturated heterocycles. The fraction of sp³-hybridized carbons (Fsp3) is 0.316. The number of ether oxygens (including phenoxy) is 1. The Kier molecular flexibility index (Phi) is 4.81. The Morgan fingerprint density at radius 1 is 1.22 bits per heavy atom. The van der Waals surface area contributed by atoms with Gasteiger partial charge in [-0.1, -0.05) is 36.4 Å². The SMILES string of the molecule is COc1ccccc1CNC(=O)CCC1CNc2ccccc21. The van der Waals surface area contributed by atoms with Gasteiger partial charge < -0.3 is 15.4 Å².